The number of nitrogens with one attached hydrogen (secondary N) is 5. The van der Waals surface area contributed by atoms with Crippen molar-refractivity contribution in [1.29, 1.82) is 0 Å². The van der Waals surface area contributed by atoms with E-state index in [4.69, 9.17) is 24.7 Å². The van der Waals surface area contributed by atoms with Gasteiger partial charge in [-0.3, -0.25) is 19.5 Å². The Kier molecular flexibility index (Phi) is 23.5. The molecule has 0 saturated carbocycles. The number of ether oxygens (including phenoxy) is 4. The van der Waals surface area contributed by atoms with Gasteiger partial charge in [-0.05, 0) is 137 Å². The van der Waals surface area contributed by atoms with E-state index < -0.39 is 12.7 Å². The predicted octanol–water partition coefficient (Wildman–Crippen LogP) is 9.28. The number of hydrogen-bond acceptors (Lipinski definition) is 12. The molecule has 20 heteroatoms. The van der Waals surface area contributed by atoms with Crippen LogP contribution >= 0.6 is 0 Å². The molecule has 1 fully saturated rings. The molecule has 1 saturated heterocycles. The third kappa shape index (κ3) is 18.0. The first kappa shape index (κ1) is 60.7. The van der Waals surface area contributed by atoms with E-state index in [0.29, 0.717) is 85.2 Å². The molecule has 2 aliphatic rings. The normalized spacial score (nSPS) is 15.0. The minimum Gasteiger partial charge on any atom is -0.495 e. The molecular formula is C59H75F3N10O7. The number of amides is 3. The fourth-order valence-corrected chi connectivity index (χ4v) is 9.27. The van der Waals surface area contributed by atoms with Crippen LogP contribution in [0.1, 0.15) is 91.4 Å². The molecule has 2 unspecified atom stereocenters. The number of nitrogens with zero attached hydrogens (tertiary/aromatic N) is 4. The van der Waals surface area contributed by atoms with Crippen LogP contribution in [0, 0.1) is 11.8 Å². The summed E-state index contributed by atoms with van der Waals surface area (Å²) < 4.78 is 63.4. The van der Waals surface area contributed by atoms with Gasteiger partial charge in [-0.1, -0.05) is 38.3 Å². The predicted molar refractivity (Wildman–Crippen MR) is 305 cm³/mol. The smallest absolute Gasteiger partial charge is 0.406 e. The Bertz CT molecular complexity index is 2950. The van der Waals surface area contributed by atoms with Crippen molar-refractivity contribution in [2.75, 3.05) is 108 Å². The molecule has 2 atom stereocenters. The van der Waals surface area contributed by atoms with Gasteiger partial charge < -0.3 is 60.3 Å². The second-order valence-corrected chi connectivity index (χ2v) is 18.8. The Balaban J connectivity index is 0.00000103. The second-order valence-electron chi connectivity index (χ2n) is 18.8. The number of nitrogen functional groups attached to an aromatic ring is 1. The summed E-state index contributed by atoms with van der Waals surface area (Å²) in [5.41, 5.74) is 12.9. The number of aromatic amines is 1. The molecule has 0 spiro atoms. The van der Waals surface area contributed by atoms with Gasteiger partial charge >= 0.3 is 6.18 Å². The second kappa shape index (κ2) is 30.5. The third-order valence-electron chi connectivity index (χ3n) is 13.1. The van der Waals surface area contributed by atoms with Crippen LogP contribution in [0.2, 0.25) is 0 Å². The Labute approximate surface area is 461 Å². The number of H-pyrrole nitrogens is 1. The van der Waals surface area contributed by atoms with Crippen LogP contribution in [0.15, 0.2) is 97.2 Å². The number of methoxy groups -OCH3 is 1. The minimum atomic E-state index is -4.45. The summed E-state index contributed by atoms with van der Waals surface area (Å²) in [4.78, 5) is 42.5. The van der Waals surface area contributed by atoms with Gasteiger partial charge in [0.1, 0.15) is 12.3 Å². The van der Waals surface area contributed by atoms with Crippen molar-refractivity contribution in [3.05, 3.63) is 120 Å². The van der Waals surface area contributed by atoms with E-state index in [9.17, 15) is 27.6 Å². The van der Waals surface area contributed by atoms with E-state index >= 15 is 0 Å². The molecule has 0 radical (unpaired) electrons. The molecule has 2 aromatic heterocycles. The molecule has 6 aromatic rings. The first-order valence-electron chi connectivity index (χ1n) is 26.8. The fraction of sp³-hybridized carbons (Fsp3) is 0.424. The van der Waals surface area contributed by atoms with Crippen molar-refractivity contribution in [2.24, 2.45) is 0 Å². The summed E-state index contributed by atoms with van der Waals surface area (Å²) in [7, 11) is 3.65. The summed E-state index contributed by atoms with van der Waals surface area (Å²) in [6.45, 7) is 11.6. The lowest BCUT2D eigenvalue weighted by molar-refractivity contribution is -0.140. The zero-order chi connectivity index (χ0) is 56.7. The molecule has 3 amide bonds. The highest BCUT2D eigenvalue weighted by Crippen LogP contribution is 2.41. The van der Waals surface area contributed by atoms with Gasteiger partial charge in [0.05, 0.1) is 81.9 Å². The maximum Gasteiger partial charge on any atom is 0.406 e. The highest BCUT2D eigenvalue weighted by molar-refractivity contribution is 5.96. The van der Waals surface area contributed by atoms with E-state index in [-0.39, 0.29) is 55.2 Å². The lowest BCUT2D eigenvalue weighted by atomic mass is 9.89. The molecule has 8 rings (SSSR count). The van der Waals surface area contributed by atoms with Gasteiger partial charge in [-0.15, -0.1) is 0 Å². The molecule has 79 heavy (non-hydrogen) atoms. The first-order chi connectivity index (χ1) is 38.2. The number of carbonyl (C=O) groups is 3. The van der Waals surface area contributed by atoms with Crippen molar-refractivity contribution in [2.45, 2.75) is 78.2 Å². The molecule has 0 aliphatic carbocycles. The van der Waals surface area contributed by atoms with Crippen LogP contribution in [-0.4, -0.2) is 136 Å². The van der Waals surface area contributed by atoms with Gasteiger partial charge in [0, 0.05) is 71.4 Å². The van der Waals surface area contributed by atoms with Crippen molar-refractivity contribution < 1.29 is 46.5 Å². The van der Waals surface area contributed by atoms with Gasteiger partial charge in [-0.25, -0.2) is 0 Å². The van der Waals surface area contributed by atoms with Crippen molar-refractivity contribution in [3.63, 3.8) is 0 Å². The fourth-order valence-electron chi connectivity index (χ4n) is 9.27. The monoisotopic (exact) mass is 1090 g/mol. The number of carbonyl (C=O) groups excluding carboxylic acids is 3. The van der Waals surface area contributed by atoms with Gasteiger partial charge in [0.25, 0.3) is 11.8 Å². The Morgan fingerprint density at radius 3 is 2.09 bits per heavy atom. The minimum absolute atomic E-state index is 0.00881. The van der Waals surface area contributed by atoms with Crippen LogP contribution in [0.25, 0.3) is 22.2 Å². The van der Waals surface area contributed by atoms with Crippen LogP contribution < -0.4 is 36.6 Å². The SMILES string of the molecule is CC.CN1CCCCC1.COc1cc(C(=O)NCCOCCOCCOCCNC(=O)c2ccc(NC3CC(C)N(C(C)=O)c4ccc(-c5ccn[nH]5)cc43)cc2)ccc1NCC#Cc1cc2c(N)cccc2n1CC(F)(F)F. The highest BCUT2D eigenvalue weighted by Gasteiger charge is 2.33. The summed E-state index contributed by atoms with van der Waals surface area (Å²) in [5, 5.41) is 19.9. The van der Waals surface area contributed by atoms with Crippen LogP contribution in [0.3, 0.4) is 0 Å². The first-order valence-corrected chi connectivity index (χ1v) is 26.8. The number of nitrogens with two attached hydrogens (primary N) is 1. The molecule has 2 aliphatic heterocycles. The molecule has 4 aromatic carbocycles. The van der Waals surface area contributed by atoms with Crippen molar-refractivity contribution >= 4 is 51.4 Å². The van der Waals surface area contributed by atoms with Crippen molar-refractivity contribution in [3.8, 4) is 28.8 Å². The van der Waals surface area contributed by atoms with Crippen LogP contribution in [-0.2, 0) is 25.5 Å². The van der Waals surface area contributed by atoms with Gasteiger partial charge in [-0.2, -0.15) is 18.3 Å². The summed E-state index contributed by atoms with van der Waals surface area (Å²) in [6.07, 6.45) is 2.24. The van der Waals surface area contributed by atoms with Gasteiger partial charge in [0.15, 0.2) is 0 Å². The largest absolute Gasteiger partial charge is 0.495 e. The number of aromatic nitrogens is 3. The summed E-state index contributed by atoms with van der Waals surface area (Å²) in [6, 6.07) is 26.4. The zero-order valence-corrected chi connectivity index (χ0v) is 46.1. The van der Waals surface area contributed by atoms with E-state index in [1.54, 1.807) is 67.7 Å². The quantitative estimate of drug-likeness (QED) is 0.0227. The average Bonchev–Trinajstić information content (AvgIpc) is 4.12. The number of alkyl halides is 3. The number of halogens is 3. The lowest BCUT2D eigenvalue weighted by Crippen LogP contribution is -2.43. The third-order valence-corrected chi connectivity index (χ3v) is 13.1. The number of piperidine rings is 1. The molecule has 7 N–H and O–H groups in total. The van der Waals surface area contributed by atoms with E-state index in [1.807, 2.05) is 56.0 Å². The molecular weight excluding hydrogens is 1020 g/mol. The van der Waals surface area contributed by atoms with Crippen LogP contribution in [0.4, 0.5) is 35.9 Å². The maximum absolute atomic E-state index is 13.4. The topological polar surface area (TPSA) is 202 Å². The molecule has 0 bridgehead atoms. The Morgan fingerprint density at radius 1 is 0.823 bits per heavy atom. The van der Waals surface area contributed by atoms with Crippen LogP contribution in [0.5, 0.6) is 5.75 Å². The van der Waals surface area contributed by atoms with E-state index in [0.717, 1.165) is 32.8 Å². The summed E-state index contributed by atoms with van der Waals surface area (Å²) >= 11 is 0. The number of rotatable bonds is 21. The van der Waals surface area contributed by atoms with E-state index in [2.05, 4.69) is 61.3 Å². The zero-order valence-electron chi connectivity index (χ0n) is 46.1. The van der Waals surface area contributed by atoms with Crippen molar-refractivity contribution in [1.82, 2.24) is 30.3 Å². The van der Waals surface area contributed by atoms with Gasteiger partial charge in [0.2, 0.25) is 5.91 Å². The highest BCUT2D eigenvalue weighted by atomic mass is 19.4. The molecule has 17 nitrogen and oxygen atoms in total. The number of benzene rings is 4. The number of hydrogen-bond donors (Lipinski definition) is 6. The number of likely N-dealkylation sites (tertiary alicyclic amines) is 1. The molecule has 4 heterocycles. The Morgan fingerprint density at radius 2 is 1.48 bits per heavy atom. The molecule has 424 valence electrons. The summed E-state index contributed by atoms with van der Waals surface area (Å²) in [5.74, 6) is 5.50. The Hall–Kier alpha value is -7.57. The lowest BCUT2D eigenvalue weighted by Gasteiger charge is -2.39. The van der Waals surface area contributed by atoms with E-state index in [1.165, 1.54) is 39.5 Å². The average molecular weight is 1090 g/mol. The number of anilines is 4. The standard InChI is InChI=1S/C51H56F3N9O7.C6H13N.C2H6/c1-33-28-45(41-29-36(43-17-19-59-61-43)12-16-47(41)63(33)34(2)64)60-38-13-9-35(10-14-38)49(65)57-20-22-68-24-26-70-27-25-69-23-21-58-50(66)37-11-15-44(48(30-37)67-3)56-18-5-6-39-31-40-42(55)7-4-8-46(40)62(39)32-51(52,53)54;1-7-5-3-2-4-6-7;1-2/h4,7-17,19,29-31,33,45,56,60H,18,20-28,32,55H2,1-3H3,(H,57,65)(H,58,66)(H,59,61);2-6H2,1H3;1-2H3. The number of fused-ring (bicyclic) bond motifs is 2. The maximum atomic E-state index is 13.4.